The van der Waals surface area contributed by atoms with Crippen LogP contribution in [0.4, 0.5) is 0 Å². The van der Waals surface area contributed by atoms with Crippen molar-refractivity contribution in [3.8, 4) is 11.5 Å². The van der Waals surface area contributed by atoms with Gasteiger partial charge in [0.05, 0.1) is 19.8 Å². The van der Waals surface area contributed by atoms with Gasteiger partial charge in [-0.3, -0.25) is 9.59 Å². The number of esters is 1. The van der Waals surface area contributed by atoms with Gasteiger partial charge in [0.15, 0.2) is 18.1 Å². The van der Waals surface area contributed by atoms with Crippen molar-refractivity contribution in [1.29, 1.82) is 0 Å². The maximum atomic E-state index is 12.7. The first-order chi connectivity index (χ1) is 16.0. The zero-order chi connectivity index (χ0) is 23.4. The minimum Gasteiger partial charge on any atom is -0.493 e. The first-order valence-electron chi connectivity index (χ1n) is 11.0. The Morgan fingerprint density at radius 2 is 1.73 bits per heavy atom. The van der Waals surface area contributed by atoms with E-state index in [0.717, 1.165) is 29.7 Å². The van der Waals surface area contributed by atoms with Crippen molar-refractivity contribution in [3.63, 3.8) is 0 Å². The highest BCUT2D eigenvalue weighted by Gasteiger charge is 2.24. The molecule has 0 unspecified atom stereocenters. The van der Waals surface area contributed by atoms with E-state index in [4.69, 9.17) is 14.2 Å². The quantitative estimate of drug-likeness (QED) is 0.601. The number of carbonyl (C=O) groups is 3. The molecule has 1 saturated heterocycles. The van der Waals surface area contributed by atoms with Crippen molar-refractivity contribution in [3.05, 3.63) is 58.7 Å². The molecular weight excluding hydrogens is 424 g/mol. The molecular formula is C25H28N2O6. The summed E-state index contributed by atoms with van der Waals surface area (Å²) in [5, 5.41) is 0. The standard InChI is InChI=1S/C25H28N2O6/c1-31-21-12-18-8-10-27(15-20(18)13-22(21)32-2)24(29)16-33-25(30)19-6-3-5-17(11-19)14-26-9-4-7-23(26)28/h3,5-6,11-13H,4,7-10,14-16H2,1-2H3. The zero-order valence-electron chi connectivity index (χ0n) is 19.0. The van der Waals surface area contributed by atoms with Gasteiger partial charge in [0.2, 0.25) is 5.91 Å². The van der Waals surface area contributed by atoms with Crippen molar-refractivity contribution in [2.45, 2.75) is 32.4 Å². The van der Waals surface area contributed by atoms with Gasteiger partial charge in [-0.25, -0.2) is 4.79 Å². The minimum absolute atomic E-state index is 0.132. The summed E-state index contributed by atoms with van der Waals surface area (Å²) in [6, 6.07) is 10.8. The third kappa shape index (κ3) is 5.10. The number of benzene rings is 2. The van der Waals surface area contributed by atoms with E-state index in [9.17, 15) is 14.4 Å². The Bertz CT molecular complexity index is 1070. The molecule has 2 aromatic carbocycles. The maximum absolute atomic E-state index is 12.7. The SMILES string of the molecule is COc1cc2c(cc1OC)CN(C(=O)COC(=O)c1cccc(CN3CCCC3=O)c1)CC2. The molecule has 2 amide bonds. The lowest BCUT2D eigenvalue weighted by atomic mass is 9.99. The van der Waals surface area contributed by atoms with Gasteiger partial charge in [0, 0.05) is 32.6 Å². The molecule has 0 aromatic heterocycles. The highest BCUT2D eigenvalue weighted by Crippen LogP contribution is 2.33. The van der Waals surface area contributed by atoms with Crippen LogP contribution in [0.1, 0.15) is 39.9 Å². The van der Waals surface area contributed by atoms with Crippen LogP contribution in [0.2, 0.25) is 0 Å². The molecule has 0 bridgehead atoms. The average Bonchev–Trinajstić information content (AvgIpc) is 3.25. The molecule has 0 radical (unpaired) electrons. The second-order valence-corrected chi connectivity index (χ2v) is 8.24. The van der Waals surface area contributed by atoms with Crippen molar-refractivity contribution < 1.29 is 28.6 Å². The second kappa shape index (κ2) is 9.94. The van der Waals surface area contributed by atoms with Gasteiger partial charge in [-0.1, -0.05) is 12.1 Å². The van der Waals surface area contributed by atoms with Gasteiger partial charge < -0.3 is 24.0 Å². The summed E-state index contributed by atoms with van der Waals surface area (Å²) in [4.78, 5) is 40.5. The topological polar surface area (TPSA) is 85.4 Å². The van der Waals surface area contributed by atoms with E-state index in [-0.39, 0.29) is 18.4 Å². The zero-order valence-corrected chi connectivity index (χ0v) is 19.0. The number of nitrogens with zero attached hydrogens (tertiary/aromatic N) is 2. The van der Waals surface area contributed by atoms with Crippen LogP contribution in [-0.2, 0) is 33.8 Å². The Balaban J connectivity index is 1.34. The molecule has 0 aliphatic carbocycles. The molecule has 0 saturated carbocycles. The number of methoxy groups -OCH3 is 2. The lowest BCUT2D eigenvalue weighted by molar-refractivity contribution is -0.135. The van der Waals surface area contributed by atoms with Crippen LogP contribution in [0.3, 0.4) is 0 Å². The Kier molecular flexibility index (Phi) is 6.82. The van der Waals surface area contributed by atoms with Crippen LogP contribution < -0.4 is 9.47 Å². The molecule has 8 nitrogen and oxygen atoms in total. The monoisotopic (exact) mass is 452 g/mol. The largest absolute Gasteiger partial charge is 0.493 e. The Morgan fingerprint density at radius 3 is 2.42 bits per heavy atom. The molecule has 0 N–H and O–H groups in total. The van der Waals surface area contributed by atoms with Gasteiger partial charge in [0.25, 0.3) is 5.91 Å². The smallest absolute Gasteiger partial charge is 0.338 e. The summed E-state index contributed by atoms with van der Waals surface area (Å²) < 4.78 is 16.0. The Labute approximate surface area is 193 Å². The number of amides is 2. The van der Waals surface area contributed by atoms with Crippen LogP contribution in [0.15, 0.2) is 36.4 Å². The van der Waals surface area contributed by atoms with Gasteiger partial charge in [-0.05, 0) is 53.8 Å². The molecule has 174 valence electrons. The third-order valence-electron chi connectivity index (χ3n) is 6.10. The number of fused-ring (bicyclic) bond motifs is 1. The molecule has 2 aliphatic heterocycles. The van der Waals surface area contributed by atoms with Crippen molar-refractivity contribution in [1.82, 2.24) is 9.80 Å². The molecule has 2 heterocycles. The highest BCUT2D eigenvalue weighted by molar-refractivity contribution is 5.91. The lowest BCUT2D eigenvalue weighted by Gasteiger charge is -2.29. The van der Waals surface area contributed by atoms with Crippen molar-refractivity contribution in [2.75, 3.05) is 33.9 Å². The Morgan fingerprint density at radius 1 is 0.970 bits per heavy atom. The summed E-state index contributed by atoms with van der Waals surface area (Å²) in [6.45, 7) is 1.85. The molecule has 8 heteroatoms. The summed E-state index contributed by atoms with van der Waals surface area (Å²) in [5.41, 5.74) is 3.33. The van der Waals surface area contributed by atoms with Crippen LogP contribution in [-0.4, -0.2) is 61.5 Å². The van der Waals surface area contributed by atoms with Crippen molar-refractivity contribution in [2.24, 2.45) is 0 Å². The highest BCUT2D eigenvalue weighted by atomic mass is 16.5. The number of carbonyl (C=O) groups excluding carboxylic acids is 3. The predicted molar refractivity (Wildman–Crippen MR) is 120 cm³/mol. The molecule has 0 spiro atoms. The number of ether oxygens (including phenoxy) is 3. The molecule has 2 aromatic rings. The first-order valence-corrected chi connectivity index (χ1v) is 11.0. The lowest BCUT2D eigenvalue weighted by Crippen LogP contribution is -2.38. The van der Waals surface area contributed by atoms with E-state index in [0.29, 0.717) is 49.5 Å². The van der Waals surface area contributed by atoms with Gasteiger partial charge in [0.1, 0.15) is 0 Å². The summed E-state index contributed by atoms with van der Waals surface area (Å²) in [5.74, 6) is 0.617. The van der Waals surface area contributed by atoms with Gasteiger partial charge >= 0.3 is 5.97 Å². The maximum Gasteiger partial charge on any atom is 0.338 e. The van der Waals surface area contributed by atoms with E-state index in [1.807, 2.05) is 18.2 Å². The number of likely N-dealkylation sites (tertiary alicyclic amines) is 1. The summed E-state index contributed by atoms with van der Waals surface area (Å²) >= 11 is 0. The van der Waals surface area contributed by atoms with Crippen LogP contribution in [0.5, 0.6) is 11.5 Å². The molecule has 33 heavy (non-hydrogen) atoms. The fourth-order valence-corrected chi connectivity index (χ4v) is 4.29. The summed E-state index contributed by atoms with van der Waals surface area (Å²) in [6.07, 6.45) is 2.13. The van der Waals surface area contributed by atoms with Crippen LogP contribution in [0.25, 0.3) is 0 Å². The first kappa shape index (κ1) is 22.6. The van der Waals surface area contributed by atoms with Gasteiger partial charge in [-0.2, -0.15) is 0 Å². The third-order valence-corrected chi connectivity index (χ3v) is 6.10. The van der Waals surface area contributed by atoms with Crippen LogP contribution in [0, 0.1) is 0 Å². The number of hydrogen-bond acceptors (Lipinski definition) is 6. The molecule has 0 atom stereocenters. The predicted octanol–water partition coefficient (Wildman–Crippen LogP) is 2.57. The fraction of sp³-hybridized carbons (Fsp3) is 0.400. The summed E-state index contributed by atoms with van der Waals surface area (Å²) in [7, 11) is 3.17. The van der Waals surface area contributed by atoms with Crippen LogP contribution >= 0.6 is 0 Å². The molecule has 4 rings (SSSR count). The minimum atomic E-state index is -0.554. The second-order valence-electron chi connectivity index (χ2n) is 8.24. The normalized spacial score (nSPS) is 15.3. The average molecular weight is 453 g/mol. The fourth-order valence-electron chi connectivity index (χ4n) is 4.29. The van der Waals surface area contributed by atoms with E-state index in [2.05, 4.69) is 0 Å². The Hall–Kier alpha value is -3.55. The number of rotatable bonds is 7. The van der Waals surface area contributed by atoms with E-state index in [1.165, 1.54) is 0 Å². The van der Waals surface area contributed by atoms with Gasteiger partial charge in [-0.15, -0.1) is 0 Å². The molecule has 1 fully saturated rings. The van der Waals surface area contributed by atoms with E-state index in [1.54, 1.807) is 42.2 Å². The number of hydrogen-bond donors (Lipinski definition) is 0. The van der Waals surface area contributed by atoms with E-state index < -0.39 is 5.97 Å². The van der Waals surface area contributed by atoms with Crippen molar-refractivity contribution >= 4 is 17.8 Å². The molecule has 2 aliphatic rings. The van der Waals surface area contributed by atoms with E-state index >= 15 is 0 Å².